The molecule has 1 unspecified atom stereocenters. The molecule has 1 amide bonds. The van der Waals surface area contributed by atoms with Crippen LogP contribution in [0.2, 0.25) is 0 Å². The zero-order valence-corrected chi connectivity index (χ0v) is 12.8. The minimum absolute atomic E-state index is 0.0902. The summed E-state index contributed by atoms with van der Waals surface area (Å²) in [6, 6.07) is 3.09. The van der Waals surface area contributed by atoms with Crippen LogP contribution in [0.25, 0.3) is 0 Å². The van der Waals surface area contributed by atoms with Crippen molar-refractivity contribution in [3.05, 3.63) is 53.6 Å². The highest BCUT2D eigenvalue weighted by molar-refractivity contribution is 5.79. The maximum atomic E-state index is 13.8. The Morgan fingerprint density at radius 1 is 1.43 bits per heavy atom. The molecule has 5 nitrogen and oxygen atoms in total. The second-order valence-electron chi connectivity index (χ2n) is 5.62. The number of nitrogens with one attached hydrogen (secondary N) is 1. The highest BCUT2D eigenvalue weighted by Gasteiger charge is 2.30. The molecule has 0 bridgehead atoms. The van der Waals surface area contributed by atoms with Gasteiger partial charge in [0, 0.05) is 45.1 Å². The molecule has 7 heteroatoms. The topological polar surface area (TPSA) is 50.2 Å². The predicted octanol–water partition coefficient (Wildman–Crippen LogP) is 1.41. The number of benzene rings is 1. The predicted molar refractivity (Wildman–Crippen MR) is 80.6 cm³/mol. The van der Waals surface area contributed by atoms with Gasteiger partial charge in [0.05, 0.1) is 6.42 Å². The third-order valence-electron chi connectivity index (χ3n) is 4.08. The SMILES string of the molecule is Cn1ccnc1C1CNCCN1C(=O)Cc1ccc(F)cc1F. The van der Waals surface area contributed by atoms with Crippen LogP contribution in [-0.2, 0) is 18.3 Å². The van der Waals surface area contributed by atoms with Gasteiger partial charge in [-0.25, -0.2) is 13.8 Å². The molecule has 2 heterocycles. The summed E-state index contributed by atoms with van der Waals surface area (Å²) in [5, 5.41) is 3.25. The van der Waals surface area contributed by atoms with Crippen LogP contribution in [0.1, 0.15) is 17.4 Å². The van der Waals surface area contributed by atoms with Crippen molar-refractivity contribution in [2.24, 2.45) is 7.05 Å². The molecule has 122 valence electrons. The second-order valence-corrected chi connectivity index (χ2v) is 5.62. The number of halogens is 2. The maximum absolute atomic E-state index is 13.8. The zero-order valence-electron chi connectivity index (χ0n) is 12.8. The van der Waals surface area contributed by atoms with Gasteiger partial charge in [-0.05, 0) is 11.6 Å². The molecule has 0 aliphatic carbocycles. The molecule has 2 aromatic rings. The number of aryl methyl sites for hydroxylation is 1. The van der Waals surface area contributed by atoms with Gasteiger partial charge in [-0.3, -0.25) is 4.79 Å². The van der Waals surface area contributed by atoms with Gasteiger partial charge in [0.2, 0.25) is 5.91 Å². The van der Waals surface area contributed by atoms with Crippen molar-refractivity contribution in [2.45, 2.75) is 12.5 Å². The Kier molecular flexibility index (Phi) is 4.38. The molecule has 0 saturated carbocycles. The Morgan fingerprint density at radius 3 is 2.96 bits per heavy atom. The highest BCUT2D eigenvalue weighted by atomic mass is 19.1. The lowest BCUT2D eigenvalue weighted by Gasteiger charge is -2.35. The summed E-state index contributed by atoms with van der Waals surface area (Å²) in [5.41, 5.74) is 0.202. The van der Waals surface area contributed by atoms with Gasteiger partial charge >= 0.3 is 0 Å². The monoisotopic (exact) mass is 320 g/mol. The number of carbonyl (C=O) groups excluding carboxylic acids is 1. The van der Waals surface area contributed by atoms with E-state index in [4.69, 9.17) is 0 Å². The van der Waals surface area contributed by atoms with Crippen LogP contribution >= 0.6 is 0 Å². The van der Waals surface area contributed by atoms with Gasteiger partial charge in [-0.15, -0.1) is 0 Å². The van der Waals surface area contributed by atoms with Crippen LogP contribution in [0.5, 0.6) is 0 Å². The van der Waals surface area contributed by atoms with Gasteiger partial charge in [0.15, 0.2) is 0 Å². The van der Waals surface area contributed by atoms with E-state index in [1.165, 1.54) is 12.1 Å². The molecule has 1 aliphatic rings. The molecule has 1 atom stereocenters. The Balaban J connectivity index is 1.80. The van der Waals surface area contributed by atoms with Crippen LogP contribution < -0.4 is 5.32 Å². The van der Waals surface area contributed by atoms with Gasteiger partial charge < -0.3 is 14.8 Å². The Labute approximate surface area is 132 Å². The third kappa shape index (κ3) is 3.24. The first-order valence-corrected chi connectivity index (χ1v) is 7.47. The van der Waals surface area contributed by atoms with Gasteiger partial charge in [-0.1, -0.05) is 6.07 Å². The van der Waals surface area contributed by atoms with Crippen molar-refractivity contribution in [3.8, 4) is 0 Å². The number of nitrogens with zero attached hydrogens (tertiary/aromatic N) is 3. The summed E-state index contributed by atoms with van der Waals surface area (Å²) in [7, 11) is 1.87. The Hall–Kier alpha value is -2.28. The van der Waals surface area contributed by atoms with Crippen molar-refractivity contribution in [1.29, 1.82) is 0 Å². The molecule has 23 heavy (non-hydrogen) atoms. The lowest BCUT2D eigenvalue weighted by Crippen LogP contribution is -2.50. The number of carbonyl (C=O) groups is 1. The molecular weight excluding hydrogens is 302 g/mol. The minimum atomic E-state index is -0.693. The van der Waals surface area contributed by atoms with Crippen LogP contribution in [0.15, 0.2) is 30.6 Å². The van der Waals surface area contributed by atoms with Crippen LogP contribution in [0, 0.1) is 11.6 Å². The highest BCUT2D eigenvalue weighted by Crippen LogP contribution is 2.22. The largest absolute Gasteiger partial charge is 0.336 e. The third-order valence-corrected chi connectivity index (χ3v) is 4.08. The Bertz CT molecular complexity index is 716. The molecule has 3 rings (SSSR count). The molecule has 1 aromatic heterocycles. The number of rotatable bonds is 3. The van der Waals surface area contributed by atoms with Crippen LogP contribution in [0.4, 0.5) is 8.78 Å². The molecular formula is C16H18F2N4O. The van der Waals surface area contributed by atoms with E-state index < -0.39 is 11.6 Å². The fraction of sp³-hybridized carbons (Fsp3) is 0.375. The van der Waals surface area contributed by atoms with E-state index in [0.717, 1.165) is 11.9 Å². The van der Waals surface area contributed by atoms with Crippen molar-refractivity contribution >= 4 is 5.91 Å². The number of hydrogen-bond donors (Lipinski definition) is 1. The fourth-order valence-corrected chi connectivity index (χ4v) is 2.86. The van der Waals surface area contributed by atoms with Gasteiger partial charge in [-0.2, -0.15) is 0 Å². The first kappa shape index (κ1) is 15.6. The van der Waals surface area contributed by atoms with E-state index in [2.05, 4.69) is 10.3 Å². The van der Waals surface area contributed by atoms with E-state index in [1.54, 1.807) is 11.1 Å². The molecule has 0 spiro atoms. The summed E-state index contributed by atoms with van der Waals surface area (Å²) in [6.45, 7) is 1.81. The summed E-state index contributed by atoms with van der Waals surface area (Å²) in [6.07, 6.45) is 3.42. The van der Waals surface area contributed by atoms with Crippen molar-refractivity contribution in [1.82, 2.24) is 19.8 Å². The molecule has 1 saturated heterocycles. The van der Waals surface area contributed by atoms with Crippen LogP contribution in [-0.4, -0.2) is 40.0 Å². The van der Waals surface area contributed by atoms with E-state index >= 15 is 0 Å². The average Bonchev–Trinajstić information content (AvgIpc) is 2.96. The lowest BCUT2D eigenvalue weighted by molar-refractivity contribution is -0.134. The summed E-state index contributed by atoms with van der Waals surface area (Å²) >= 11 is 0. The Morgan fingerprint density at radius 2 is 2.26 bits per heavy atom. The fourth-order valence-electron chi connectivity index (χ4n) is 2.86. The molecule has 1 aliphatic heterocycles. The number of aromatic nitrogens is 2. The second kappa shape index (κ2) is 6.45. The number of imidazole rings is 1. The number of amides is 1. The quantitative estimate of drug-likeness (QED) is 0.930. The van der Waals surface area contributed by atoms with Gasteiger partial charge in [0.1, 0.15) is 23.5 Å². The molecule has 1 fully saturated rings. The van der Waals surface area contributed by atoms with Crippen molar-refractivity contribution in [3.63, 3.8) is 0 Å². The number of hydrogen-bond acceptors (Lipinski definition) is 3. The summed E-state index contributed by atoms with van der Waals surface area (Å²) in [4.78, 5) is 18.6. The van der Waals surface area contributed by atoms with Crippen molar-refractivity contribution < 1.29 is 13.6 Å². The summed E-state index contributed by atoms with van der Waals surface area (Å²) in [5.74, 6) is -0.746. The van der Waals surface area contributed by atoms with Gasteiger partial charge in [0.25, 0.3) is 0 Å². The number of piperazine rings is 1. The van der Waals surface area contributed by atoms with Crippen molar-refractivity contribution in [2.75, 3.05) is 19.6 Å². The first-order valence-electron chi connectivity index (χ1n) is 7.47. The lowest BCUT2D eigenvalue weighted by atomic mass is 10.1. The summed E-state index contributed by atoms with van der Waals surface area (Å²) < 4.78 is 28.6. The van der Waals surface area contributed by atoms with E-state index in [-0.39, 0.29) is 23.9 Å². The van der Waals surface area contributed by atoms with E-state index in [1.807, 2.05) is 17.8 Å². The standard InChI is InChI=1S/C16H18F2N4O/c1-21-6-5-20-16(21)14-10-19-4-7-22(14)15(23)8-11-2-3-12(17)9-13(11)18/h2-3,5-6,9,14,19H,4,7-8,10H2,1H3. The zero-order chi connectivity index (χ0) is 16.4. The smallest absolute Gasteiger partial charge is 0.227 e. The average molecular weight is 320 g/mol. The van der Waals surface area contributed by atoms with E-state index in [0.29, 0.717) is 19.6 Å². The minimum Gasteiger partial charge on any atom is -0.336 e. The van der Waals surface area contributed by atoms with E-state index in [9.17, 15) is 13.6 Å². The van der Waals surface area contributed by atoms with Crippen LogP contribution in [0.3, 0.4) is 0 Å². The molecule has 0 radical (unpaired) electrons. The molecule has 1 N–H and O–H groups in total. The molecule has 1 aromatic carbocycles. The normalized spacial score (nSPS) is 18.2. The first-order chi connectivity index (χ1) is 11.1. The maximum Gasteiger partial charge on any atom is 0.227 e.